The predicted octanol–water partition coefficient (Wildman–Crippen LogP) is 4.44. The molecule has 3 rings (SSSR count). The van der Waals surface area contributed by atoms with E-state index in [0.29, 0.717) is 23.7 Å². The Morgan fingerprint density at radius 2 is 1.94 bits per heavy atom. The van der Waals surface area contributed by atoms with Crippen molar-refractivity contribution >= 4 is 5.69 Å². The molecule has 0 radical (unpaired) electrons. The summed E-state index contributed by atoms with van der Waals surface area (Å²) in [6.07, 6.45) is -3.91. The lowest BCUT2D eigenvalue weighted by atomic mass is 10.2. The molecule has 0 aliphatic rings. The topological polar surface area (TPSA) is 94.2 Å². The second-order valence-corrected chi connectivity index (χ2v) is 7.09. The number of ether oxygens (including phenoxy) is 1. The lowest BCUT2D eigenvalue weighted by molar-refractivity contribution is 0.151. The number of benzene rings is 1. The largest absolute Gasteiger partial charge is 0.448 e. The van der Waals surface area contributed by atoms with Crippen molar-refractivity contribution < 1.29 is 22.3 Å². The fraction of sp³-hybridized carbons (Fsp3) is 0.286. The Morgan fingerprint density at radius 1 is 1.24 bits per heavy atom. The molecule has 172 valence electrons. The fourth-order valence-corrected chi connectivity index (χ4v) is 3.08. The molecule has 0 saturated heterocycles. The molecular weight excluding hydrogens is 446 g/mol. The molecule has 1 atom stereocenters. The van der Waals surface area contributed by atoms with Crippen molar-refractivity contribution in [1.29, 1.82) is 0 Å². The molecule has 0 spiro atoms. The third-order valence-corrected chi connectivity index (χ3v) is 4.70. The Labute approximate surface area is 184 Å². The molecule has 3 aromatic rings. The van der Waals surface area contributed by atoms with E-state index in [9.17, 15) is 27.2 Å². The highest BCUT2D eigenvalue weighted by Gasteiger charge is 2.24. The van der Waals surface area contributed by atoms with Gasteiger partial charge in [-0.05, 0) is 32.9 Å². The van der Waals surface area contributed by atoms with Crippen LogP contribution in [-0.4, -0.2) is 19.5 Å². The van der Waals surface area contributed by atoms with Gasteiger partial charge in [-0.25, -0.2) is 32.4 Å². The zero-order chi connectivity index (χ0) is 24.4. The van der Waals surface area contributed by atoms with Crippen molar-refractivity contribution in [1.82, 2.24) is 19.5 Å². The molecule has 33 heavy (non-hydrogen) atoms. The minimum absolute atomic E-state index is 0.123. The second kappa shape index (κ2) is 9.23. The highest BCUT2D eigenvalue weighted by molar-refractivity contribution is 5.55. The van der Waals surface area contributed by atoms with E-state index in [4.69, 9.17) is 11.3 Å². The van der Waals surface area contributed by atoms with Crippen LogP contribution in [0.2, 0.25) is 0 Å². The molecule has 0 aliphatic carbocycles. The third kappa shape index (κ3) is 4.77. The lowest BCUT2D eigenvalue weighted by Crippen LogP contribution is -2.28. The van der Waals surface area contributed by atoms with Crippen LogP contribution in [0, 0.1) is 26.2 Å². The Morgan fingerprint density at radius 3 is 2.52 bits per heavy atom. The summed E-state index contributed by atoms with van der Waals surface area (Å²) in [6, 6.07) is 1.27. The quantitative estimate of drug-likeness (QED) is 0.431. The van der Waals surface area contributed by atoms with Gasteiger partial charge in [0.25, 0.3) is 17.5 Å². The normalized spacial score (nSPS) is 12.0. The highest BCUT2D eigenvalue weighted by Crippen LogP contribution is 2.36. The monoisotopic (exact) mass is 463 g/mol. The SMILES string of the molecule is [C-]#[N+]c1cc(C(F)F)cc(Oc2c(C(C)F)ncn(Cc3c(C)nc(C)[nH]c3=O)c2=O)c1F. The Kier molecular flexibility index (Phi) is 6.62. The Hall–Kier alpha value is -4.01. The van der Waals surface area contributed by atoms with Gasteiger partial charge in [-0.15, -0.1) is 0 Å². The summed E-state index contributed by atoms with van der Waals surface area (Å²) in [5.74, 6) is -2.55. The zero-order valence-electron chi connectivity index (χ0n) is 17.6. The predicted molar refractivity (Wildman–Crippen MR) is 109 cm³/mol. The molecule has 1 unspecified atom stereocenters. The summed E-state index contributed by atoms with van der Waals surface area (Å²) in [5.41, 5.74) is -3.01. The van der Waals surface area contributed by atoms with Crippen molar-refractivity contribution in [3.05, 3.63) is 84.7 Å². The maximum atomic E-state index is 14.6. The van der Waals surface area contributed by atoms with Gasteiger partial charge in [-0.3, -0.25) is 14.2 Å². The van der Waals surface area contributed by atoms with Gasteiger partial charge in [0.1, 0.15) is 17.7 Å². The van der Waals surface area contributed by atoms with E-state index < -0.39 is 58.0 Å². The molecular formula is C21H17F4N5O3. The summed E-state index contributed by atoms with van der Waals surface area (Å²) in [7, 11) is 0. The average molecular weight is 463 g/mol. The summed E-state index contributed by atoms with van der Waals surface area (Å²) in [5, 5.41) is 0. The first-order valence-corrected chi connectivity index (χ1v) is 9.50. The van der Waals surface area contributed by atoms with E-state index in [1.165, 1.54) is 0 Å². The van der Waals surface area contributed by atoms with Gasteiger partial charge in [0.2, 0.25) is 11.4 Å². The van der Waals surface area contributed by atoms with Crippen molar-refractivity contribution in [2.45, 2.75) is 39.9 Å². The summed E-state index contributed by atoms with van der Waals surface area (Å²) < 4.78 is 61.2. The van der Waals surface area contributed by atoms with E-state index in [0.717, 1.165) is 17.8 Å². The standard InChI is InChI=1S/C21H17F4N5O3/c1-9(22)17-18(33-15-6-12(19(24)25)5-14(26-4)16(15)23)21(32)30(8-27-17)7-13-10(2)28-11(3)29-20(13)31/h5-6,8-9,19H,7H2,1-3H3,(H,28,29,31). The molecule has 8 nitrogen and oxygen atoms in total. The number of alkyl halides is 3. The first-order chi connectivity index (χ1) is 15.5. The highest BCUT2D eigenvalue weighted by atomic mass is 19.3. The van der Waals surface area contributed by atoms with E-state index in [2.05, 4.69) is 19.8 Å². The summed E-state index contributed by atoms with van der Waals surface area (Å²) in [4.78, 5) is 38.6. The summed E-state index contributed by atoms with van der Waals surface area (Å²) in [6.45, 7) is 10.8. The van der Waals surface area contributed by atoms with Gasteiger partial charge in [0.05, 0.1) is 25.0 Å². The second-order valence-electron chi connectivity index (χ2n) is 7.09. The molecule has 0 saturated carbocycles. The first-order valence-electron chi connectivity index (χ1n) is 9.50. The summed E-state index contributed by atoms with van der Waals surface area (Å²) >= 11 is 0. The van der Waals surface area contributed by atoms with E-state index in [-0.39, 0.29) is 12.1 Å². The number of halogens is 4. The molecule has 0 bridgehead atoms. The fourth-order valence-electron chi connectivity index (χ4n) is 3.08. The van der Waals surface area contributed by atoms with Crippen molar-refractivity contribution in [2.24, 2.45) is 0 Å². The van der Waals surface area contributed by atoms with Gasteiger partial charge in [-0.2, -0.15) is 0 Å². The number of hydrogen-bond donors (Lipinski definition) is 1. The minimum Gasteiger partial charge on any atom is -0.448 e. The molecule has 2 aromatic heterocycles. The number of rotatable bonds is 6. The van der Waals surface area contributed by atoms with Gasteiger partial charge in [0.15, 0.2) is 11.6 Å². The van der Waals surface area contributed by atoms with Crippen molar-refractivity contribution in [2.75, 3.05) is 0 Å². The Balaban J connectivity index is 2.15. The average Bonchev–Trinajstić information content (AvgIpc) is 2.73. The number of nitrogens with zero attached hydrogens (tertiary/aromatic N) is 4. The van der Waals surface area contributed by atoms with Crippen LogP contribution in [0.15, 0.2) is 28.0 Å². The number of aryl methyl sites for hydroxylation is 2. The van der Waals surface area contributed by atoms with Crippen LogP contribution in [0.3, 0.4) is 0 Å². The third-order valence-electron chi connectivity index (χ3n) is 4.70. The van der Waals surface area contributed by atoms with Gasteiger partial charge >= 0.3 is 0 Å². The van der Waals surface area contributed by atoms with Crippen molar-refractivity contribution in [3.63, 3.8) is 0 Å². The molecule has 2 heterocycles. The maximum Gasteiger partial charge on any atom is 0.297 e. The Bertz CT molecular complexity index is 1380. The smallest absolute Gasteiger partial charge is 0.297 e. The molecule has 0 fully saturated rings. The minimum atomic E-state index is -3.05. The number of nitrogens with one attached hydrogen (secondary N) is 1. The van der Waals surface area contributed by atoms with Crippen LogP contribution in [0.25, 0.3) is 4.85 Å². The molecule has 12 heteroatoms. The molecule has 1 aromatic carbocycles. The van der Waals surface area contributed by atoms with Crippen LogP contribution in [0.1, 0.15) is 47.9 Å². The van der Waals surface area contributed by atoms with Crippen LogP contribution in [-0.2, 0) is 6.54 Å². The van der Waals surface area contributed by atoms with Gasteiger partial charge in [-0.1, -0.05) is 0 Å². The molecule has 0 aliphatic heterocycles. The lowest BCUT2D eigenvalue weighted by Gasteiger charge is -2.15. The first kappa shape index (κ1) is 23.6. The number of aromatic amines is 1. The van der Waals surface area contributed by atoms with Crippen molar-refractivity contribution in [3.8, 4) is 11.5 Å². The zero-order valence-corrected chi connectivity index (χ0v) is 17.6. The number of H-pyrrole nitrogens is 1. The van der Waals surface area contributed by atoms with Crippen LogP contribution in [0.4, 0.5) is 23.2 Å². The van der Waals surface area contributed by atoms with Crippen LogP contribution in [0.5, 0.6) is 11.5 Å². The van der Waals surface area contributed by atoms with Crippen LogP contribution < -0.4 is 15.9 Å². The van der Waals surface area contributed by atoms with E-state index >= 15 is 0 Å². The van der Waals surface area contributed by atoms with E-state index in [1.54, 1.807) is 13.8 Å². The van der Waals surface area contributed by atoms with Crippen LogP contribution >= 0.6 is 0 Å². The van der Waals surface area contributed by atoms with Gasteiger partial charge < -0.3 is 9.72 Å². The number of hydrogen-bond acceptors (Lipinski definition) is 5. The molecule has 1 N–H and O–H groups in total. The van der Waals surface area contributed by atoms with E-state index in [1.807, 2.05) is 0 Å². The maximum absolute atomic E-state index is 14.6. The number of aromatic nitrogens is 4. The van der Waals surface area contributed by atoms with Gasteiger partial charge in [0, 0.05) is 11.3 Å². The molecule has 0 amide bonds.